The lowest BCUT2D eigenvalue weighted by atomic mass is 10.0. The predicted octanol–water partition coefficient (Wildman–Crippen LogP) is 3.94. The van der Waals surface area contributed by atoms with Crippen LogP contribution < -0.4 is 10.6 Å². The highest BCUT2D eigenvalue weighted by atomic mass is 19.1. The fraction of sp³-hybridized carbons (Fsp3) is 0.214. The van der Waals surface area contributed by atoms with Crippen LogP contribution in [0.1, 0.15) is 35.6 Å². The summed E-state index contributed by atoms with van der Waals surface area (Å²) in [5.41, 5.74) is 2.84. The molecular formula is C28H26FN9O2. The molecule has 0 spiro atoms. The van der Waals surface area contributed by atoms with Crippen molar-refractivity contribution >= 4 is 22.8 Å². The lowest BCUT2D eigenvalue weighted by Gasteiger charge is -2.22. The number of pyridine rings is 1. The molecule has 12 heteroatoms. The summed E-state index contributed by atoms with van der Waals surface area (Å²) in [6.07, 6.45) is 1.20. The van der Waals surface area contributed by atoms with Gasteiger partial charge in [0.1, 0.15) is 18.1 Å². The zero-order valence-corrected chi connectivity index (χ0v) is 22.0. The number of nitrogens with one attached hydrogen (secondary N) is 3. The molecular weight excluding hydrogens is 513 g/mol. The van der Waals surface area contributed by atoms with E-state index in [1.165, 1.54) is 26.2 Å². The van der Waals surface area contributed by atoms with Crippen molar-refractivity contribution in [1.29, 1.82) is 5.26 Å². The van der Waals surface area contributed by atoms with Crippen molar-refractivity contribution in [2.24, 2.45) is 0 Å². The highest BCUT2D eigenvalue weighted by Crippen LogP contribution is 2.28. The number of rotatable bonds is 8. The molecule has 202 valence electrons. The quantitative estimate of drug-likeness (QED) is 0.231. The highest BCUT2D eigenvalue weighted by molar-refractivity contribution is 6.00. The molecule has 1 atom stereocenters. The number of nitrogens with zero attached hydrogens (tertiary/aromatic N) is 6. The van der Waals surface area contributed by atoms with Crippen LogP contribution in [-0.4, -0.2) is 59.1 Å². The summed E-state index contributed by atoms with van der Waals surface area (Å²) in [5, 5.41) is 37.3. The number of nitriles is 1. The number of amides is 1. The van der Waals surface area contributed by atoms with Crippen LogP contribution in [0.3, 0.4) is 0 Å². The van der Waals surface area contributed by atoms with Gasteiger partial charge < -0.3 is 20.7 Å². The van der Waals surface area contributed by atoms with E-state index in [4.69, 9.17) is 0 Å². The normalized spacial score (nSPS) is 12.2. The smallest absolute Gasteiger partial charge is 0.255 e. The molecule has 0 saturated heterocycles. The van der Waals surface area contributed by atoms with Gasteiger partial charge in [-0.25, -0.2) is 8.91 Å². The second-order valence-corrected chi connectivity index (χ2v) is 9.82. The maximum absolute atomic E-state index is 14.3. The van der Waals surface area contributed by atoms with Crippen LogP contribution in [0.25, 0.3) is 28.3 Å². The minimum atomic E-state index is -1.66. The Morgan fingerprint density at radius 1 is 1.18 bits per heavy atom. The summed E-state index contributed by atoms with van der Waals surface area (Å²) in [6, 6.07) is 16.5. The third-order valence-electron chi connectivity index (χ3n) is 6.29. The summed E-state index contributed by atoms with van der Waals surface area (Å²) in [6.45, 7) is 4.13. The van der Waals surface area contributed by atoms with Crippen LogP contribution >= 0.6 is 0 Å². The van der Waals surface area contributed by atoms with E-state index in [1.54, 1.807) is 16.6 Å². The van der Waals surface area contributed by atoms with E-state index in [1.807, 2.05) is 43.3 Å². The molecule has 4 N–H and O–H groups in total. The van der Waals surface area contributed by atoms with Crippen molar-refractivity contribution in [3.8, 4) is 28.8 Å². The zero-order valence-electron chi connectivity index (χ0n) is 22.0. The molecule has 0 radical (unpaired) electrons. The maximum Gasteiger partial charge on any atom is 0.255 e. The molecule has 0 aliphatic carbocycles. The SMILES string of the molecule is Cc1nnc(-c2ccc(Nc3cc(-c4ccc5cc(C#N)cnn45)ncc3C(=O)NCC(F)C(C)(C)O)cc2)[nH]1. The van der Waals surface area contributed by atoms with Gasteiger partial charge in [-0.2, -0.15) is 10.4 Å². The number of aryl methyl sites for hydroxylation is 1. The minimum Gasteiger partial charge on any atom is -0.387 e. The largest absolute Gasteiger partial charge is 0.387 e. The summed E-state index contributed by atoms with van der Waals surface area (Å²) in [7, 11) is 0. The van der Waals surface area contributed by atoms with Gasteiger partial charge in [-0.05, 0) is 69.3 Å². The molecule has 1 unspecified atom stereocenters. The van der Waals surface area contributed by atoms with Crippen LogP contribution in [0.5, 0.6) is 0 Å². The van der Waals surface area contributed by atoms with E-state index < -0.39 is 17.7 Å². The number of carbonyl (C=O) groups excluding carboxylic acids is 1. The molecule has 0 fully saturated rings. The molecule has 1 amide bonds. The number of benzene rings is 1. The maximum atomic E-state index is 14.3. The van der Waals surface area contributed by atoms with E-state index in [0.29, 0.717) is 45.5 Å². The number of fused-ring (bicyclic) bond motifs is 1. The molecule has 0 aliphatic heterocycles. The van der Waals surface area contributed by atoms with E-state index >= 15 is 0 Å². The first-order chi connectivity index (χ1) is 19.1. The Labute approximate surface area is 228 Å². The van der Waals surface area contributed by atoms with Crippen LogP contribution in [0, 0.1) is 18.3 Å². The van der Waals surface area contributed by atoms with E-state index in [9.17, 15) is 19.6 Å². The predicted molar refractivity (Wildman–Crippen MR) is 147 cm³/mol. The van der Waals surface area contributed by atoms with Crippen molar-refractivity contribution in [3.63, 3.8) is 0 Å². The number of hydrogen-bond acceptors (Lipinski definition) is 8. The second kappa shape index (κ2) is 10.5. The van der Waals surface area contributed by atoms with E-state index in [2.05, 4.69) is 42.0 Å². The fourth-order valence-corrected chi connectivity index (χ4v) is 4.00. The first-order valence-corrected chi connectivity index (χ1v) is 12.4. The molecule has 0 aliphatic rings. The third kappa shape index (κ3) is 5.50. The number of aromatic nitrogens is 6. The summed E-state index contributed by atoms with van der Waals surface area (Å²) in [5.74, 6) is 0.780. The molecule has 1 aromatic carbocycles. The summed E-state index contributed by atoms with van der Waals surface area (Å²) >= 11 is 0. The average molecular weight is 540 g/mol. The zero-order chi connectivity index (χ0) is 28.4. The van der Waals surface area contributed by atoms with Gasteiger partial charge in [-0.1, -0.05) is 0 Å². The van der Waals surface area contributed by atoms with Crippen LogP contribution in [-0.2, 0) is 0 Å². The Morgan fingerprint density at radius 2 is 1.95 bits per heavy atom. The first-order valence-electron chi connectivity index (χ1n) is 12.4. The summed E-state index contributed by atoms with van der Waals surface area (Å²) < 4.78 is 16.0. The van der Waals surface area contributed by atoms with Crippen LogP contribution in [0.15, 0.2) is 60.9 Å². The van der Waals surface area contributed by atoms with Gasteiger partial charge >= 0.3 is 0 Å². The number of carbonyl (C=O) groups is 1. The van der Waals surface area contributed by atoms with Crippen molar-refractivity contribution in [3.05, 3.63) is 77.9 Å². The molecule has 40 heavy (non-hydrogen) atoms. The number of anilines is 2. The lowest BCUT2D eigenvalue weighted by molar-refractivity contribution is -0.00177. The van der Waals surface area contributed by atoms with Crippen molar-refractivity contribution < 1.29 is 14.3 Å². The summed E-state index contributed by atoms with van der Waals surface area (Å²) in [4.78, 5) is 20.7. The molecule has 11 nitrogen and oxygen atoms in total. The molecule has 4 aromatic heterocycles. The molecule has 0 saturated carbocycles. The van der Waals surface area contributed by atoms with Gasteiger partial charge in [0.05, 0.1) is 52.1 Å². The van der Waals surface area contributed by atoms with Crippen LogP contribution in [0.4, 0.5) is 15.8 Å². The molecule has 5 rings (SSSR count). The Kier molecular flexibility index (Phi) is 6.98. The van der Waals surface area contributed by atoms with Crippen LogP contribution in [0.2, 0.25) is 0 Å². The lowest BCUT2D eigenvalue weighted by Crippen LogP contribution is -2.42. The standard InChI is InChI=1S/C28H26FN9O2/c1-16-34-26(37-36-16)18-4-6-19(7-5-18)35-22-11-23(24-9-8-20-10-17(12-30)13-33-38(20)24)31-14-21(22)27(39)32-15-25(29)28(2,3)40/h4-11,13-14,25,40H,15H2,1-3H3,(H,31,35)(H,32,39)(H,34,36,37). The van der Waals surface area contributed by atoms with Gasteiger partial charge in [-0.15, -0.1) is 10.2 Å². The van der Waals surface area contributed by atoms with E-state index in [0.717, 1.165) is 5.56 Å². The highest BCUT2D eigenvalue weighted by Gasteiger charge is 2.27. The van der Waals surface area contributed by atoms with Crippen molar-refractivity contribution in [2.45, 2.75) is 32.5 Å². The second-order valence-electron chi connectivity index (χ2n) is 9.82. The van der Waals surface area contributed by atoms with Crippen molar-refractivity contribution in [2.75, 3.05) is 11.9 Å². The number of H-pyrrole nitrogens is 1. The van der Waals surface area contributed by atoms with Gasteiger partial charge in [-0.3, -0.25) is 9.78 Å². The number of aromatic amines is 1. The Balaban J connectivity index is 1.49. The average Bonchev–Trinajstić information content (AvgIpc) is 3.57. The molecule has 0 bridgehead atoms. The van der Waals surface area contributed by atoms with E-state index in [-0.39, 0.29) is 12.1 Å². The third-order valence-corrected chi connectivity index (χ3v) is 6.29. The van der Waals surface area contributed by atoms with Gasteiger partial charge in [0, 0.05) is 17.4 Å². The first kappa shape index (κ1) is 26.5. The van der Waals surface area contributed by atoms with Gasteiger partial charge in [0.25, 0.3) is 5.91 Å². The van der Waals surface area contributed by atoms with Gasteiger partial charge in [0.2, 0.25) is 0 Å². The molecule has 4 heterocycles. The number of alkyl halides is 1. The van der Waals surface area contributed by atoms with Gasteiger partial charge in [0.15, 0.2) is 5.82 Å². The van der Waals surface area contributed by atoms with Crippen molar-refractivity contribution in [1.82, 2.24) is 35.1 Å². The molecule has 5 aromatic rings. The Hall–Kier alpha value is -5.15. The number of halogens is 1. The Morgan fingerprint density at radius 3 is 2.62 bits per heavy atom. The number of aliphatic hydroxyl groups is 1. The monoisotopic (exact) mass is 539 g/mol. The topological polar surface area (TPSA) is 157 Å². The Bertz CT molecular complexity index is 1730. The minimum absolute atomic E-state index is 0.183. The number of hydrogen-bond donors (Lipinski definition) is 4. The fourth-order valence-electron chi connectivity index (χ4n) is 4.00.